The zero-order chi connectivity index (χ0) is 27.4. The van der Waals surface area contributed by atoms with Crippen LogP contribution in [0.25, 0.3) is 44.3 Å². The maximum absolute atomic E-state index is 10.0. The van der Waals surface area contributed by atoms with Crippen molar-refractivity contribution in [2.24, 2.45) is 0 Å². The topological polar surface area (TPSA) is 63.3 Å². The van der Waals surface area contributed by atoms with E-state index in [0.29, 0.717) is 11.8 Å². The number of pyridine rings is 1. The maximum atomic E-state index is 10.0. The third kappa shape index (κ3) is 7.11. The molecule has 5 aromatic rings. The van der Waals surface area contributed by atoms with Crippen LogP contribution in [0.5, 0.6) is 0 Å². The van der Waals surface area contributed by atoms with Crippen LogP contribution in [0.4, 0.5) is 0 Å². The van der Waals surface area contributed by atoms with Crippen LogP contribution in [-0.4, -0.2) is 15.9 Å². The molecule has 5 heteroatoms. The molecule has 0 aliphatic rings. The molecule has 3 aromatic carbocycles. The van der Waals surface area contributed by atoms with E-state index in [2.05, 4.69) is 82.3 Å². The van der Waals surface area contributed by atoms with Gasteiger partial charge in [0.05, 0.1) is 17.1 Å². The number of furan rings is 1. The summed E-state index contributed by atoms with van der Waals surface area (Å²) in [4.78, 5) is 14.8. The molecule has 1 N–H and O–H groups in total. The summed E-state index contributed by atoms with van der Waals surface area (Å²) in [7, 11) is 0. The average molecular weight is 697 g/mol. The molecule has 0 amide bonds. The molecule has 2 heterocycles. The Bertz CT molecular complexity index is 1610. The number of rotatable bonds is 5. The number of carbonyl (C=O) groups excluding carboxylic acids is 1. The molecule has 0 saturated heterocycles. The van der Waals surface area contributed by atoms with E-state index in [1.54, 1.807) is 0 Å². The van der Waals surface area contributed by atoms with E-state index in [0.717, 1.165) is 38.9 Å². The van der Waals surface area contributed by atoms with E-state index < -0.39 is 0 Å². The van der Waals surface area contributed by atoms with Gasteiger partial charge < -0.3 is 9.52 Å². The number of allylic oxidation sites excluding steroid dienone is 2. The first-order valence-corrected chi connectivity index (χ1v) is 13.0. The Morgan fingerprint density at radius 1 is 0.949 bits per heavy atom. The van der Waals surface area contributed by atoms with Gasteiger partial charge in [-0.05, 0) is 48.1 Å². The molecule has 0 unspecified atom stereocenters. The number of ketones is 1. The fraction of sp³-hybridized carbons (Fsp3) is 0.235. The SMILES string of the molecule is CC(=O)/C=C(/C)O.CC(C)c1ccc2c(-c3[c-]c4cc(-c5ccccc5)oc4c(C(C)C)c3)nccc2c1.[Ir]. The molecule has 2 aromatic heterocycles. The number of benzene rings is 3. The molecule has 203 valence electrons. The Labute approximate surface area is 244 Å². The summed E-state index contributed by atoms with van der Waals surface area (Å²) in [6, 6.07) is 26.9. The molecule has 0 saturated carbocycles. The summed E-state index contributed by atoms with van der Waals surface area (Å²) in [5.41, 5.74) is 6.50. The number of nitrogens with zero attached hydrogens (tertiary/aromatic N) is 1. The molecule has 5 rings (SSSR count). The Kier molecular flexibility index (Phi) is 10.0. The van der Waals surface area contributed by atoms with E-state index in [1.807, 2.05) is 24.4 Å². The summed E-state index contributed by atoms with van der Waals surface area (Å²) in [5, 5.41) is 11.7. The second-order valence-electron chi connectivity index (χ2n) is 10.2. The molecular weight excluding hydrogens is 663 g/mol. The van der Waals surface area contributed by atoms with Crippen molar-refractivity contribution < 1.29 is 34.4 Å². The zero-order valence-corrected chi connectivity index (χ0v) is 25.6. The molecule has 0 spiro atoms. The van der Waals surface area contributed by atoms with Crippen molar-refractivity contribution in [3.8, 4) is 22.6 Å². The second kappa shape index (κ2) is 13.0. The molecule has 4 nitrogen and oxygen atoms in total. The third-order valence-electron chi connectivity index (χ3n) is 6.37. The normalized spacial score (nSPS) is 11.4. The summed E-state index contributed by atoms with van der Waals surface area (Å²) >= 11 is 0. The Balaban J connectivity index is 0.000000468. The Morgan fingerprint density at radius 3 is 2.26 bits per heavy atom. The van der Waals surface area contributed by atoms with Gasteiger partial charge in [0.25, 0.3) is 0 Å². The molecular formula is C34H34IrNO3-. The minimum absolute atomic E-state index is 0. The van der Waals surface area contributed by atoms with Crippen molar-refractivity contribution in [1.82, 2.24) is 4.98 Å². The Hall–Kier alpha value is -3.53. The fourth-order valence-electron chi connectivity index (χ4n) is 4.47. The molecule has 0 aliphatic carbocycles. The van der Waals surface area contributed by atoms with Gasteiger partial charge in [-0.2, -0.15) is 0 Å². The first kappa shape index (κ1) is 30.0. The molecule has 0 fully saturated rings. The molecule has 0 aliphatic heterocycles. The number of aromatic nitrogens is 1. The second-order valence-corrected chi connectivity index (χ2v) is 10.2. The molecule has 39 heavy (non-hydrogen) atoms. The van der Waals surface area contributed by atoms with Crippen LogP contribution in [0, 0.1) is 6.07 Å². The molecule has 1 radical (unpaired) electrons. The predicted molar refractivity (Wildman–Crippen MR) is 156 cm³/mol. The van der Waals surface area contributed by atoms with Crippen molar-refractivity contribution >= 4 is 27.5 Å². The number of hydrogen-bond donors (Lipinski definition) is 1. The Morgan fingerprint density at radius 2 is 1.67 bits per heavy atom. The average Bonchev–Trinajstić information content (AvgIpc) is 3.31. The van der Waals surface area contributed by atoms with Crippen LogP contribution in [0.3, 0.4) is 0 Å². The van der Waals surface area contributed by atoms with Gasteiger partial charge in [0.2, 0.25) is 0 Å². The quantitative estimate of drug-likeness (QED) is 0.113. The maximum Gasteiger partial charge on any atom is 0.155 e. The fourth-order valence-corrected chi connectivity index (χ4v) is 4.47. The number of fused-ring (bicyclic) bond motifs is 2. The van der Waals surface area contributed by atoms with Gasteiger partial charge in [-0.1, -0.05) is 98.8 Å². The van der Waals surface area contributed by atoms with Crippen LogP contribution < -0.4 is 0 Å². The third-order valence-corrected chi connectivity index (χ3v) is 6.37. The van der Waals surface area contributed by atoms with Gasteiger partial charge >= 0.3 is 0 Å². The predicted octanol–water partition coefficient (Wildman–Crippen LogP) is 9.40. The van der Waals surface area contributed by atoms with Crippen LogP contribution in [0.1, 0.15) is 64.5 Å². The molecule has 0 atom stereocenters. The van der Waals surface area contributed by atoms with Gasteiger partial charge in [-0.25, -0.2) is 0 Å². The van der Waals surface area contributed by atoms with E-state index in [4.69, 9.17) is 14.5 Å². The summed E-state index contributed by atoms with van der Waals surface area (Å²) in [6.07, 6.45) is 3.07. The number of carbonyl (C=O) groups is 1. The van der Waals surface area contributed by atoms with Crippen LogP contribution >= 0.6 is 0 Å². The minimum atomic E-state index is -0.125. The summed E-state index contributed by atoms with van der Waals surface area (Å²) in [6.45, 7) is 11.7. The van der Waals surface area contributed by atoms with Crippen molar-refractivity contribution in [2.45, 2.75) is 53.4 Å². The van der Waals surface area contributed by atoms with Crippen molar-refractivity contribution in [3.63, 3.8) is 0 Å². The monoisotopic (exact) mass is 697 g/mol. The van der Waals surface area contributed by atoms with Crippen LogP contribution in [0.15, 0.2) is 89.2 Å². The summed E-state index contributed by atoms with van der Waals surface area (Å²) in [5.74, 6) is 1.64. The van der Waals surface area contributed by atoms with Crippen molar-refractivity contribution in [2.75, 3.05) is 0 Å². The summed E-state index contributed by atoms with van der Waals surface area (Å²) < 4.78 is 6.32. The van der Waals surface area contributed by atoms with Gasteiger partial charge in [-0.15, -0.1) is 12.1 Å². The standard InChI is InChI=1S/C29H26NO.C5H8O2.Ir/c1-18(2)21-10-11-25-22(14-21)12-13-30-28(25)23-15-24-17-27(20-8-6-5-7-9-20)31-29(24)26(16-23)19(3)4;1-4(6)3-5(2)7;/h5-14,16-19H,1-4H3;3,6H,1-2H3;/q-1;;/b;4-3-;. The van der Waals surface area contributed by atoms with Crippen LogP contribution in [0.2, 0.25) is 0 Å². The van der Waals surface area contributed by atoms with E-state index in [1.165, 1.54) is 36.4 Å². The van der Waals surface area contributed by atoms with E-state index >= 15 is 0 Å². The molecule has 0 bridgehead atoms. The van der Waals surface area contributed by atoms with Crippen molar-refractivity contribution in [3.05, 3.63) is 102 Å². The van der Waals surface area contributed by atoms with Gasteiger partial charge in [0, 0.05) is 43.6 Å². The van der Waals surface area contributed by atoms with E-state index in [9.17, 15) is 4.79 Å². The van der Waals surface area contributed by atoms with Gasteiger partial charge in [0.1, 0.15) is 0 Å². The van der Waals surface area contributed by atoms with Crippen LogP contribution in [-0.2, 0) is 24.9 Å². The number of aliphatic hydroxyl groups excluding tert-OH is 1. The largest absolute Gasteiger partial charge is 0.512 e. The minimum Gasteiger partial charge on any atom is -0.512 e. The number of aliphatic hydroxyl groups is 1. The smallest absolute Gasteiger partial charge is 0.155 e. The van der Waals surface area contributed by atoms with Gasteiger partial charge in [-0.3, -0.25) is 9.78 Å². The van der Waals surface area contributed by atoms with Crippen molar-refractivity contribution in [1.29, 1.82) is 0 Å². The van der Waals surface area contributed by atoms with E-state index in [-0.39, 0.29) is 31.6 Å². The zero-order valence-electron chi connectivity index (χ0n) is 23.2. The van der Waals surface area contributed by atoms with Gasteiger partial charge in [0.15, 0.2) is 5.78 Å². The first-order chi connectivity index (χ1) is 18.1. The number of hydrogen-bond acceptors (Lipinski definition) is 4. The first-order valence-electron chi connectivity index (χ1n) is 13.0.